The van der Waals surface area contributed by atoms with Gasteiger partial charge in [0.25, 0.3) is 0 Å². The maximum Gasteiger partial charge on any atom is 0.449 e. The highest BCUT2D eigenvalue weighted by Crippen LogP contribution is 2.25. The van der Waals surface area contributed by atoms with E-state index in [1.165, 1.54) is 0 Å². The van der Waals surface area contributed by atoms with E-state index in [2.05, 4.69) is 21.9 Å². The number of aromatic nitrogens is 2. The van der Waals surface area contributed by atoms with Gasteiger partial charge in [0.2, 0.25) is 5.82 Å². The molecule has 0 radical (unpaired) electrons. The van der Waals surface area contributed by atoms with Crippen LogP contribution < -0.4 is 0 Å². The molecule has 0 aromatic carbocycles. The number of ether oxygens (including phenoxy) is 1. The van der Waals surface area contributed by atoms with E-state index in [0.717, 1.165) is 6.07 Å². The van der Waals surface area contributed by atoms with Crippen LogP contribution in [0, 0.1) is 4.64 Å². The molecule has 88 valence electrons. The van der Waals surface area contributed by atoms with Crippen molar-refractivity contribution < 1.29 is 22.7 Å². The van der Waals surface area contributed by atoms with Crippen molar-refractivity contribution in [1.82, 2.24) is 9.97 Å². The number of halogens is 3. The Labute approximate surface area is 93.5 Å². The maximum absolute atomic E-state index is 12.3. The second-order valence-electron chi connectivity index (χ2n) is 2.70. The molecule has 8 heteroatoms. The Morgan fingerprint density at radius 3 is 2.75 bits per heavy atom. The molecule has 0 unspecified atom stereocenters. The van der Waals surface area contributed by atoms with E-state index in [-0.39, 0.29) is 16.9 Å². The Balaban J connectivity index is 3.18. The second kappa shape index (κ2) is 4.60. The van der Waals surface area contributed by atoms with Crippen LogP contribution in [0.1, 0.15) is 23.2 Å². The van der Waals surface area contributed by atoms with Gasteiger partial charge in [-0.3, -0.25) is 0 Å². The van der Waals surface area contributed by atoms with Crippen LogP contribution in [0.5, 0.6) is 0 Å². The summed E-state index contributed by atoms with van der Waals surface area (Å²) in [5.74, 6) is -2.22. The normalized spacial score (nSPS) is 11.2. The predicted octanol–water partition coefficient (Wildman–Crippen LogP) is 2.33. The number of hydrogen-bond acceptors (Lipinski definition) is 4. The molecule has 0 aliphatic rings. The standard InChI is InChI=1S/C8H7F3N2O2S/c1-2-15-6(14)4-3-5(16)13-7(12-4)8(9,10)11/h3H,2H2,1H3,(H,12,13,16). The molecule has 16 heavy (non-hydrogen) atoms. The Kier molecular flexibility index (Phi) is 3.63. The Hall–Kier alpha value is -1.44. The minimum atomic E-state index is -4.68. The van der Waals surface area contributed by atoms with Crippen molar-refractivity contribution in [2.24, 2.45) is 0 Å². The van der Waals surface area contributed by atoms with Crippen LogP contribution in [0.3, 0.4) is 0 Å². The first-order chi connectivity index (χ1) is 7.34. The van der Waals surface area contributed by atoms with Crippen molar-refractivity contribution in [2.75, 3.05) is 6.61 Å². The van der Waals surface area contributed by atoms with E-state index in [1.807, 2.05) is 4.98 Å². The number of H-pyrrole nitrogens is 1. The largest absolute Gasteiger partial charge is 0.461 e. The zero-order valence-electron chi connectivity index (χ0n) is 8.09. The molecule has 1 N–H and O–H groups in total. The average Bonchev–Trinajstić information content (AvgIpc) is 2.16. The topological polar surface area (TPSA) is 55.0 Å². The van der Waals surface area contributed by atoms with Crippen molar-refractivity contribution in [1.29, 1.82) is 0 Å². The molecule has 0 amide bonds. The van der Waals surface area contributed by atoms with E-state index in [1.54, 1.807) is 6.92 Å². The van der Waals surface area contributed by atoms with Crippen LogP contribution in [-0.4, -0.2) is 22.5 Å². The summed E-state index contributed by atoms with van der Waals surface area (Å²) in [7, 11) is 0. The van der Waals surface area contributed by atoms with Gasteiger partial charge in [0.1, 0.15) is 10.3 Å². The van der Waals surface area contributed by atoms with Gasteiger partial charge in [0.05, 0.1) is 6.61 Å². The van der Waals surface area contributed by atoms with Crippen LogP contribution in [0.25, 0.3) is 0 Å². The average molecular weight is 252 g/mol. The Morgan fingerprint density at radius 2 is 2.25 bits per heavy atom. The lowest BCUT2D eigenvalue weighted by atomic mass is 10.4. The number of alkyl halides is 3. The molecule has 0 aliphatic carbocycles. The van der Waals surface area contributed by atoms with Crippen LogP contribution in [0.2, 0.25) is 0 Å². The molecule has 4 nitrogen and oxygen atoms in total. The van der Waals surface area contributed by atoms with Gasteiger partial charge in [-0.1, -0.05) is 12.2 Å². The van der Waals surface area contributed by atoms with E-state index in [4.69, 9.17) is 0 Å². The van der Waals surface area contributed by atoms with Gasteiger partial charge in [0, 0.05) is 6.07 Å². The van der Waals surface area contributed by atoms with Gasteiger partial charge in [0.15, 0.2) is 0 Å². The smallest absolute Gasteiger partial charge is 0.449 e. The number of aromatic amines is 1. The summed E-state index contributed by atoms with van der Waals surface area (Å²) in [4.78, 5) is 16.1. The summed E-state index contributed by atoms with van der Waals surface area (Å²) in [6, 6.07) is 1.02. The van der Waals surface area contributed by atoms with Gasteiger partial charge in [-0.25, -0.2) is 9.78 Å². The van der Waals surface area contributed by atoms with Gasteiger partial charge in [-0.05, 0) is 6.92 Å². The molecule has 0 fully saturated rings. The van der Waals surface area contributed by atoms with E-state index >= 15 is 0 Å². The molecule has 1 aromatic rings. The summed E-state index contributed by atoms with van der Waals surface area (Å²) in [5.41, 5.74) is -0.367. The van der Waals surface area contributed by atoms with Crippen LogP contribution in [0.4, 0.5) is 13.2 Å². The number of esters is 1. The molecule has 1 rings (SSSR count). The fraction of sp³-hybridized carbons (Fsp3) is 0.375. The molecule has 0 saturated heterocycles. The summed E-state index contributed by atoms with van der Waals surface area (Å²) in [6.45, 7) is 1.60. The summed E-state index contributed by atoms with van der Waals surface area (Å²) >= 11 is 4.52. The Bertz CT molecular complexity index is 455. The fourth-order valence-corrected chi connectivity index (χ4v) is 1.12. The third kappa shape index (κ3) is 3.02. The molecular formula is C8H7F3N2O2S. The zero-order chi connectivity index (χ0) is 12.3. The number of carbonyl (C=O) groups excluding carboxylic acids is 1. The van der Waals surface area contributed by atoms with Crippen LogP contribution in [-0.2, 0) is 10.9 Å². The predicted molar refractivity (Wildman–Crippen MR) is 50.4 cm³/mol. The first-order valence-corrected chi connectivity index (χ1v) is 4.61. The van der Waals surface area contributed by atoms with Crippen molar-refractivity contribution >= 4 is 18.2 Å². The van der Waals surface area contributed by atoms with Crippen molar-refractivity contribution in [2.45, 2.75) is 13.1 Å². The molecule has 0 atom stereocenters. The van der Waals surface area contributed by atoms with Crippen LogP contribution >= 0.6 is 12.2 Å². The summed E-state index contributed by atoms with van der Waals surface area (Å²) < 4.78 is 41.1. The highest BCUT2D eigenvalue weighted by atomic mass is 32.1. The number of rotatable bonds is 2. The minimum Gasteiger partial charge on any atom is -0.461 e. The first-order valence-electron chi connectivity index (χ1n) is 4.20. The number of nitrogens with one attached hydrogen (secondary N) is 1. The molecule has 1 heterocycles. The first kappa shape index (κ1) is 12.6. The number of carbonyl (C=O) groups is 1. The fourth-order valence-electron chi connectivity index (χ4n) is 0.911. The molecular weight excluding hydrogens is 245 g/mol. The molecule has 0 aliphatic heterocycles. The quantitative estimate of drug-likeness (QED) is 0.648. The second-order valence-corrected chi connectivity index (χ2v) is 3.12. The molecule has 0 spiro atoms. The van der Waals surface area contributed by atoms with Crippen molar-refractivity contribution in [3.8, 4) is 0 Å². The van der Waals surface area contributed by atoms with Crippen molar-refractivity contribution in [3.05, 3.63) is 22.2 Å². The van der Waals surface area contributed by atoms with Gasteiger partial charge < -0.3 is 9.72 Å². The molecule has 0 bridgehead atoms. The highest BCUT2D eigenvalue weighted by Gasteiger charge is 2.34. The third-order valence-electron chi connectivity index (χ3n) is 1.51. The lowest BCUT2D eigenvalue weighted by molar-refractivity contribution is -0.145. The summed E-state index contributed by atoms with van der Waals surface area (Å²) in [6.07, 6.45) is -4.68. The SMILES string of the molecule is CCOC(=O)c1cc(=S)nc(C(F)(F)F)[nH]1. The van der Waals surface area contributed by atoms with Gasteiger partial charge in [-0.2, -0.15) is 13.2 Å². The molecule has 0 saturated carbocycles. The minimum absolute atomic E-state index is 0.0586. The lowest BCUT2D eigenvalue weighted by Gasteiger charge is -2.07. The lowest BCUT2D eigenvalue weighted by Crippen LogP contribution is -2.16. The van der Waals surface area contributed by atoms with Crippen LogP contribution in [0.15, 0.2) is 6.07 Å². The Morgan fingerprint density at radius 1 is 1.62 bits per heavy atom. The zero-order valence-corrected chi connectivity index (χ0v) is 8.91. The van der Waals surface area contributed by atoms with Crippen molar-refractivity contribution in [3.63, 3.8) is 0 Å². The molecule has 1 aromatic heterocycles. The maximum atomic E-state index is 12.3. The summed E-state index contributed by atoms with van der Waals surface area (Å²) in [5, 5.41) is 0. The number of hydrogen-bond donors (Lipinski definition) is 1. The van der Waals surface area contributed by atoms with E-state index in [9.17, 15) is 18.0 Å². The van der Waals surface area contributed by atoms with Gasteiger partial charge >= 0.3 is 12.1 Å². The van der Waals surface area contributed by atoms with Gasteiger partial charge in [-0.15, -0.1) is 0 Å². The third-order valence-corrected chi connectivity index (χ3v) is 1.72. The van der Waals surface area contributed by atoms with E-state index in [0.29, 0.717) is 0 Å². The van der Waals surface area contributed by atoms with E-state index < -0.39 is 18.0 Å². The number of nitrogens with zero attached hydrogens (tertiary/aromatic N) is 1. The monoisotopic (exact) mass is 252 g/mol. The highest BCUT2D eigenvalue weighted by molar-refractivity contribution is 7.71.